The number of hydrogen-bond acceptors (Lipinski definition) is 6. The van der Waals surface area contributed by atoms with Gasteiger partial charge in [-0.3, -0.25) is 9.59 Å². The summed E-state index contributed by atoms with van der Waals surface area (Å²) in [7, 11) is 0. The third-order valence-corrected chi connectivity index (χ3v) is 7.61. The molecule has 0 aliphatic heterocycles. The van der Waals surface area contributed by atoms with Gasteiger partial charge in [-0.15, -0.1) is 23.5 Å². The molecule has 3 rings (SSSR count). The Labute approximate surface area is 207 Å². The number of rotatable bonds is 12. The standard InChI is InChI=1S/C24H22F3NO5S2/c25-24(26,27)17-6-4-15-5-7-18(28-20(15)13-17)14-33-19-3-1-2-16(12-19)23(34-10-8-21(29)30)35-11-9-22(31)32/h1-7,12-13,23H,8-11,14H2,(H,29,30)(H,31,32). The molecule has 11 heteroatoms. The molecule has 0 aliphatic rings. The van der Waals surface area contributed by atoms with E-state index in [2.05, 4.69) is 4.98 Å². The van der Waals surface area contributed by atoms with Crippen LogP contribution in [0, 0.1) is 0 Å². The topological polar surface area (TPSA) is 96.7 Å². The molecule has 0 spiro atoms. The molecule has 0 aliphatic carbocycles. The number of hydrogen-bond donors (Lipinski definition) is 2. The zero-order chi connectivity index (χ0) is 25.4. The van der Waals surface area contributed by atoms with E-state index in [4.69, 9.17) is 14.9 Å². The smallest absolute Gasteiger partial charge is 0.416 e. The normalized spacial score (nSPS) is 11.7. The molecule has 0 radical (unpaired) electrons. The lowest BCUT2D eigenvalue weighted by Gasteiger charge is -2.17. The highest BCUT2D eigenvalue weighted by atomic mass is 32.2. The summed E-state index contributed by atoms with van der Waals surface area (Å²) in [6, 6.07) is 13.9. The van der Waals surface area contributed by atoms with E-state index in [1.165, 1.54) is 29.6 Å². The van der Waals surface area contributed by atoms with Crippen molar-refractivity contribution < 1.29 is 37.7 Å². The van der Waals surface area contributed by atoms with Gasteiger partial charge >= 0.3 is 18.1 Å². The lowest BCUT2D eigenvalue weighted by Crippen LogP contribution is -2.05. The van der Waals surface area contributed by atoms with Crippen molar-refractivity contribution in [3.05, 3.63) is 71.4 Å². The van der Waals surface area contributed by atoms with Crippen molar-refractivity contribution in [2.45, 2.75) is 30.2 Å². The van der Waals surface area contributed by atoms with Crippen LogP contribution in [0.5, 0.6) is 5.75 Å². The van der Waals surface area contributed by atoms with Gasteiger partial charge in [0.2, 0.25) is 0 Å². The maximum Gasteiger partial charge on any atom is 0.416 e. The Kier molecular flexibility index (Phi) is 9.27. The number of thioether (sulfide) groups is 2. The number of alkyl halides is 3. The van der Waals surface area contributed by atoms with Crippen LogP contribution in [0.15, 0.2) is 54.6 Å². The minimum absolute atomic E-state index is 0.0134. The summed E-state index contributed by atoms with van der Waals surface area (Å²) in [6.45, 7) is 0.0403. The van der Waals surface area contributed by atoms with Crippen molar-refractivity contribution in [3.63, 3.8) is 0 Å². The number of pyridine rings is 1. The molecule has 0 fully saturated rings. The van der Waals surface area contributed by atoms with Crippen molar-refractivity contribution >= 4 is 46.4 Å². The van der Waals surface area contributed by atoms with Gasteiger partial charge in [-0.2, -0.15) is 13.2 Å². The highest BCUT2D eigenvalue weighted by Gasteiger charge is 2.30. The van der Waals surface area contributed by atoms with E-state index in [9.17, 15) is 22.8 Å². The lowest BCUT2D eigenvalue weighted by atomic mass is 10.1. The molecule has 2 aromatic carbocycles. The van der Waals surface area contributed by atoms with Crippen LogP contribution >= 0.6 is 23.5 Å². The molecule has 0 saturated carbocycles. The average molecular weight is 526 g/mol. The van der Waals surface area contributed by atoms with Crippen LogP contribution in [0.4, 0.5) is 13.2 Å². The van der Waals surface area contributed by atoms with Crippen LogP contribution in [0.25, 0.3) is 10.9 Å². The second-order valence-corrected chi connectivity index (χ2v) is 10.2. The van der Waals surface area contributed by atoms with Crippen molar-refractivity contribution in [3.8, 4) is 5.75 Å². The van der Waals surface area contributed by atoms with Crippen LogP contribution < -0.4 is 4.74 Å². The van der Waals surface area contributed by atoms with Crippen LogP contribution in [0.3, 0.4) is 0 Å². The first kappa shape index (κ1) is 26.7. The monoisotopic (exact) mass is 525 g/mol. The molecule has 0 bridgehead atoms. The van der Waals surface area contributed by atoms with Crippen LogP contribution in [-0.4, -0.2) is 38.6 Å². The highest BCUT2D eigenvalue weighted by molar-refractivity contribution is 8.16. The van der Waals surface area contributed by atoms with E-state index in [0.717, 1.165) is 17.7 Å². The lowest BCUT2D eigenvalue weighted by molar-refractivity contribution is -0.138. The Morgan fingerprint density at radius 3 is 2.23 bits per heavy atom. The predicted octanol–water partition coefficient (Wildman–Crippen LogP) is 6.25. The summed E-state index contributed by atoms with van der Waals surface area (Å²) in [5.74, 6) is -0.572. The average Bonchev–Trinajstić information content (AvgIpc) is 2.80. The second-order valence-electron chi connectivity index (χ2n) is 7.43. The molecule has 1 aromatic heterocycles. The third kappa shape index (κ3) is 8.36. The molecule has 35 heavy (non-hydrogen) atoms. The number of carbonyl (C=O) groups is 2. The van der Waals surface area contributed by atoms with Gasteiger partial charge in [0, 0.05) is 16.9 Å². The van der Waals surface area contributed by atoms with Crippen molar-refractivity contribution in [2.75, 3.05) is 11.5 Å². The van der Waals surface area contributed by atoms with Gasteiger partial charge < -0.3 is 14.9 Å². The third-order valence-electron chi connectivity index (χ3n) is 4.76. The summed E-state index contributed by atoms with van der Waals surface area (Å²) in [4.78, 5) is 26.0. The first-order valence-corrected chi connectivity index (χ1v) is 12.6. The van der Waals surface area contributed by atoms with Gasteiger partial charge in [0.15, 0.2) is 0 Å². The fourth-order valence-corrected chi connectivity index (χ4v) is 5.72. The summed E-state index contributed by atoms with van der Waals surface area (Å²) in [5, 5.41) is 18.4. The van der Waals surface area contributed by atoms with Crippen LogP contribution in [-0.2, 0) is 22.4 Å². The van der Waals surface area contributed by atoms with Crippen molar-refractivity contribution in [1.82, 2.24) is 4.98 Å². The zero-order valence-corrected chi connectivity index (χ0v) is 20.0. The SMILES string of the molecule is O=C(O)CCSC(SCCC(=O)O)c1cccc(OCc2ccc3ccc(C(F)(F)F)cc3n2)c1. The quantitative estimate of drug-likeness (QED) is 0.268. The number of fused-ring (bicyclic) bond motifs is 1. The Morgan fingerprint density at radius 1 is 0.943 bits per heavy atom. The van der Waals surface area contributed by atoms with E-state index < -0.39 is 23.7 Å². The Hall–Kier alpha value is -2.92. The number of aromatic nitrogens is 1. The number of nitrogens with zero attached hydrogens (tertiary/aromatic N) is 1. The summed E-state index contributed by atoms with van der Waals surface area (Å²) in [6.07, 6.45) is -4.48. The molecule has 0 unspecified atom stereocenters. The number of benzene rings is 2. The van der Waals surface area contributed by atoms with Gasteiger partial charge in [0.25, 0.3) is 0 Å². The Morgan fingerprint density at radius 2 is 1.60 bits per heavy atom. The van der Waals surface area contributed by atoms with Crippen LogP contribution in [0.2, 0.25) is 0 Å². The van der Waals surface area contributed by atoms with Gasteiger partial charge in [-0.1, -0.05) is 24.3 Å². The number of aliphatic carboxylic acids is 2. The summed E-state index contributed by atoms with van der Waals surface area (Å²) < 4.78 is 44.7. The number of ether oxygens (including phenoxy) is 1. The predicted molar refractivity (Wildman–Crippen MR) is 130 cm³/mol. The van der Waals surface area contributed by atoms with E-state index in [1.54, 1.807) is 30.3 Å². The zero-order valence-electron chi connectivity index (χ0n) is 18.3. The van der Waals surface area contributed by atoms with Gasteiger partial charge in [-0.05, 0) is 35.9 Å². The highest BCUT2D eigenvalue weighted by Crippen LogP contribution is 2.41. The van der Waals surface area contributed by atoms with Crippen molar-refractivity contribution in [2.24, 2.45) is 0 Å². The summed E-state index contributed by atoms with van der Waals surface area (Å²) >= 11 is 2.82. The van der Waals surface area contributed by atoms with E-state index in [1.807, 2.05) is 6.07 Å². The first-order valence-electron chi connectivity index (χ1n) is 10.5. The summed E-state index contributed by atoms with van der Waals surface area (Å²) in [5.41, 5.74) is 0.759. The largest absolute Gasteiger partial charge is 0.487 e. The van der Waals surface area contributed by atoms with E-state index in [-0.39, 0.29) is 29.5 Å². The van der Waals surface area contributed by atoms with Gasteiger partial charge in [0.05, 0.1) is 34.2 Å². The van der Waals surface area contributed by atoms with Gasteiger partial charge in [0.1, 0.15) is 12.4 Å². The number of carboxylic acid groups (broad SMARTS) is 2. The molecular formula is C24H22F3NO5S2. The molecule has 0 atom stereocenters. The number of halogens is 3. The van der Waals surface area contributed by atoms with Gasteiger partial charge in [-0.25, -0.2) is 4.98 Å². The molecule has 1 heterocycles. The van der Waals surface area contributed by atoms with E-state index in [0.29, 0.717) is 28.3 Å². The molecule has 0 amide bonds. The molecule has 186 valence electrons. The van der Waals surface area contributed by atoms with Crippen molar-refractivity contribution in [1.29, 1.82) is 0 Å². The van der Waals surface area contributed by atoms with Crippen LogP contribution in [0.1, 0.15) is 34.2 Å². The fourth-order valence-electron chi connectivity index (χ4n) is 3.07. The first-order chi connectivity index (χ1) is 16.6. The fraction of sp³-hybridized carbons (Fsp3) is 0.292. The van der Waals surface area contributed by atoms with E-state index >= 15 is 0 Å². The molecule has 0 saturated heterocycles. The number of carboxylic acids is 2. The minimum Gasteiger partial charge on any atom is -0.487 e. The maximum atomic E-state index is 13.0. The molecule has 3 aromatic rings. The molecule has 6 nitrogen and oxygen atoms in total. The minimum atomic E-state index is -4.45. The Balaban J connectivity index is 1.71. The molecular weight excluding hydrogens is 503 g/mol. The Bertz CT molecular complexity index is 1170. The maximum absolute atomic E-state index is 13.0. The second kappa shape index (κ2) is 12.2. The molecule has 2 N–H and O–H groups in total.